The number of aromatic nitrogens is 1. The summed E-state index contributed by atoms with van der Waals surface area (Å²) in [5.74, 6) is 0. The maximum absolute atomic E-state index is 5.12. The van der Waals surface area contributed by atoms with Crippen LogP contribution in [0.3, 0.4) is 0 Å². The Morgan fingerprint density at radius 2 is 2.12 bits per heavy atom. The molecule has 2 heteroatoms. The molecule has 1 aromatic carbocycles. The zero-order chi connectivity index (χ0) is 12.3. The van der Waals surface area contributed by atoms with Gasteiger partial charge < -0.3 is 9.30 Å². The van der Waals surface area contributed by atoms with Gasteiger partial charge in [0.2, 0.25) is 0 Å². The van der Waals surface area contributed by atoms with E-state index in [1.54, 1.807) is 7.11 Å². The van der Waals surface area contributed by atoms with Crippen molar-refractivity contribution in [3.63, 3.8) is 0 Å². The van der Waals surface area contributed by atoms with Gasteiger partial charge in [-0.25, -0.2) is 0 Å². The van der Waals surface area contributed by atoms with Crippen molar-refractivity contribution in [1.82, 2.24) is 4.57 Å². The lowest BCUT2D eigenvalue weighted by molar-refractivity contribution is 0.190. The summed E-state index contributed by atoms with van der Waals surface area (Å²) < 4.78 is 7.48. The fourth-order valence-corrected chi connectivity index (χ4v) is 2.46. The second-order valence-electron chi connectivity index (χ2n) is 4.52. The summed E-state index contributed by atoms with van der Waals surface area (Å²) in [7, 11) is 1.76. The fourth-order valence-electron chi connectivity index (χ4n) is 2.46. The minimum atomic E-state index is 0.826. The second-order valence-corrected chi connectivity index (χ2v) is 4.52. The number of hydrogen-bond donors (Lipinski definition) is 0. The van der Waals surface area contributed by atoms with Crippen LogP contribution in [-0.2, 0) is 17.7 Å². The van der Waals surface area contributed by atoms with Crippen molar-refractivity contribution in [1.29, 1.82) is 0 Å². The van der Waals surface area contributed by atoms with Crippen LogP contribution in [0.2, 0.25) is 0 Å². The van der Waals surface area contributed by atoms with Gasteiger partial charge in [0, 0.05) is 37.4 Å². The van der Waals surface area contributed by atoms with E-state index in [-0.39, 0.29) is 0 Å². The zero-order valence-electron chi connectivity index (χ0n) is 11.0. The highest BCUT2D eigenvalue weighted by atomic mass is 16.5. The largest absolute Gasteiger partial charge is 0.385 e. The Bertz CT molecular complexity index is 499. The van der Waals surface area contributed by atoms with Gasteiger partial charge in [-0.1, -0.05) is 19.1 Å². The highest BCUT2D eigenvalue weighted by molar-refractivity contribution is 5.87. The summed E-state index contributed by atoms with van der Waals surface area (Å²) >= 11 is 0. The van der Waals surface area contributed by atoms with E-state index in [4.69, 9.17) is 4.74 Å². The molecule has 2 nitrogen and oxygen atoms in total. The maximum Gasteiger partial charge on any atom is 0.0485 e. The molecule has 0 bridgehead atoms. The van der Waals surface area contributed by atoms with E-state index in [9.17, 15) is 0 Å². The lowest BCUT2D eigenvalue weighted by Crippen LogP contribution is -1.99. The van der Waals surface area contributed by atoms with E-state index < -0.39 is 0 Å². The normalized spacial score (nSPS) is 11.2. The molecule has 0 fully saturated rings. The van der Waals surface area contributed by atoms with Crippen LogP contribution in [0.25, 0.3) is 10.9 Å². The number of benzene rings is 1. The van der Waals surface area contributed by atoms with Crippen LogP contribution in [0.5, 0.6) is 0 Å². The molecule has 0 spiro atoms. The zero-order valence-corrected chi connectivity index (χ0v) is 11.0. The second kappa shape index (κ2) is 5.37. The van der Waals surface area contributed by atoms with Crippen LogP contribution in [0.1, 0.15) is 24.5 Å². The third kappa shape index (κ3) is 2.37. The van der Waals surface area contributed by atoms with E-state index in [2.05, 4.69) is 42.8 Å². The summed E-state index contributed by atoms with van der Waals surface area (Å²) in [6, 6.07) is 6.55. The predicted octanol–water partition coefficient (Wildman–Crippen LogP) is 3.55. The summed E-state index contributed by atoms with van der Waals surface area (Å²) in [5.41, 5.74) is 4.19. The molecule has 0 aliphatic carbocycles. The monoisotopic (exact) mass is 231 g/mol. The highest BCUT2D eigenvalue weighted by Gasteiger charge is 2.08. The molecular formula is C15H21NO. The lowest BCUT2D eigenvalue weighted by atomic mass is 10.1. The average molecular weight is 231 g/mol. The van der Waals surface area contributed by atoms with E-state index in [0.717, 1.165) is 26.0 Å². The van der Waals surface area contributed by atoms with Gasteiger partial charge in [0.15, 0.2) is 0 Å². The summed E-state index contributed by atoms with van der Waals surface area (Å²) in [6.45, 7) is 6.28. The first-order valence-corrected chi connectivity index (χ1v) is 6.34. The number of rotatable bonds is 5. The Balaban J connectivity index is 2.39. The molecule has 1 aromatic heterocycles. The van der Waals surface area contributed by atoms with Gasteiger partial charge >= 0.3 is 0 Å². The molecule has 0 atom stereocenters. The summed E-state index contributed by atoms with van der Waals surface area (Å²) in [5, 5.41) is 1.44. The molecule has 0 aliphatic heterocycles. The Morgan fingerprint density at radius 3 is 2.82 bits per heavy atom. The average Bonchev–Trinajstić information content (AvgIpc) is 2.70. The van der Waals surface area contributed by atoms with Crippen molar-refractivity contribution in [3.8, 4) is 0 Å². The van der Waals surface area contributed by atoms with Crippen molar-refractivity contribution in [2.45, 2.75) is 33.2 Å². The van der Waals surface area contributed by atoms with E-state index in [1.807, 2.05) is 0 Å². The number of hydrogen-bond acceptors (Lipinski definition) is 1. The predicted molar refractivity (Wildman–Crippen MR) is 72.5 cm³/mol. The third-order valence-electron chi connectivity index (χ3n) is 3.32. The van der Waals surface area contributed by atoms with E-state index in [0.29, 0.717) is 0 Å². The van der Waals surface area contributed by atoms with Crippen molar-refractivity contribution in [3.05, 3.63) is 35.5 Å². The summed E-state index contributed by atoms with van der Waals surface area (Å²) in [4.78, 5) is 0. The smallest absolute Gasteiger partial charge is 0.0485 e. The molecule has 0 saturated heterocycles. The molecule has 2 aromatic rings. The van der Waals surface area contributed by atoms with Gasteiger partial charge in [-0.15, -0.1) is 0 Å². The van der Waals surface area contributed by atoms with Crippen molar-refractivity contribution >= 4 is 10.9 Å². The van der Waals surface area contributed by atoms with Crippen LogP contribution in [0.4, 0.5) is 0 Å². The first-order valence-electron chi connectivity index (χ1n) is 6.34. The van der Waals surface area contributed by atoms with Crippen molar-refractivity contribution < 1.29 is 4.74 Å². The molecule has 1 heterocycles. The fraction of sp³-hybridized carbons (Fsp3) is 0.467. The number of ether oxygens (including phenoxy) is 1. The van der Waals surface area contributed by atoms with Crippen LogP contribution < -0.4 is 0 Å². The Kier molecular flexibility index (Phi) is 3.85. The Morgan fingerprint density at radius 1 is 1.29 bits per heavy atom. The summed E-state index contributed by atoms with van der Waals surface area (Å²) in [6.07, 6.45) is 4.46. The van der Waals surface area contributed by atoms with Gasteiger partial charge in [-0.2, -0.15) is 0 Å². The van der Waals surface area contributed by atoms with Gasteiger partial charge in [0.05, 0.1) is 0 Å². The van der Waals surface area contributed by atoms with Crippen LogP contribution in [0.15, 0.2) is 24.4 Å². The standard InChI is InChI=1S/C15H21NO/c1-4-13-11-16(9-6-10-17-3)14-8-5-7-12(2)15(13)14/h5,7-8,11H,4,6,9-10H2,1-3H3. The minimum absolute atomic E-state index is 0.826. The molecule has 0 amide bonds. The van der Waals surface area contributed by atoms with Crippen LogP contribution >= 0.6 is 0 Å². The first kappa shape index (κ1) is 12.2. The molecule has 17 heavy (non-hydrogen) atoms. The van der Waals surface area contributed by atoms with Crippen molar-refractivity contribution in [2.75, 3.05) is 13.7 Å². The van der Waals surface area contributed by atoms with Crippen molar-refractivity contribution in [2.24, 2.45) is 0 Å². The molecule has 92 valence electrons. The Hall–Kier alpha value is -1.28. The molecular weight excluding hydrogens is 210 g/mol. The number of methoxy groups -OCH3 is 1. The number of nitrogens with zero attached hydrogens (tertiary/aromatic N) is 1. The quantitative estimate of drug-likeness (QED) is 0.718. The topological polar surface area (TPSA) is 14.2 Å². The Labute approximate surface area is 103 Å². The van der Waals surface area contributed by atoms with Gasteiger partial charge in [0.1, 0.15) is 0 Å². The first-order chi connectivity index (χ1) is 8.27. The molecule has 0 unspecified atom stereocenters. The molecule has 2 rings (SSSR count). The molecule has 0 aliphatic rings. The van der Waals surface area contributed by atoms with Gasteiger partial charge in [-0.05, 0) is 37.0 Å². The molecule has 0 radical (unpaired) electrons. The van der Waals surface area contributed by atoms with Crippen LogP contribution in [-0.4, -0.2) is 18.3 Å². The maximum atomic E-state index is 5.12. The van der Waals surface area contributed by atoms with Crippen LogP contribution in [0, 0.1) is 6.92 Å². The van der Waals surface area contributed by atoms with Gasteiger partial charge in [0.25, 0.3) is 0 Å². The third-order valence-corrected chi connectivity index (χ3v) is 3.32. The highest BCUT2D eigenvalue weighted by Crippen LogP contribution is 2.25. The number of aryl methyl sites for hydroxylation is 3. The van der Waals surface area contributed by atoms with Gasteiger partial charge in [-0.3, -0.25) is 0 Å². The SMILES string of the molecule is CCc1cn(CCCOC)c2cccc(C)c12. The lowest BCUT2D eigenvalue weighted by Gasteiger charge is -2.05. The van der Waals surface area contributed by atoms with E-state index in [1.165, 1.54) is 22.0 Å². The molecule has 0 saturated carbocycles. The number of fused-ring (bicyclic) bond motifs is 1. The van der Waals surface area contributed by atoms with E-state index >= 15 is 0 Å². The molecule has 0 N–H and O–H groups in total. The minimum Gasteiger partial charge on any atom is -0.385 e.